The highest BCUT2D eigenvalue weighted by Crippen LogP contribution is 2.34. The van der Waals surface area contributed by atoms with Crippen LogP contribution in [0.4, 0.5) is 5.69 Å². The fourth-order valence-electron chi connectivity index (χ4n) is 2.54. The van der Waals surface area contributed by atoms with E-state index < -0.39 is 5.91 Å². The summed E-state index contributed by atoms with van der Waals surface area (Å²) >= 11 is 6.28. The Hall–Kier alpha value is -2.97. The van der Waals surface area contributed by atoms with E-state index in [9.17, 15) is 10.1 Å². The molecule has 0 saturated heterocycles. The molecule has 0 aliphatic rings. The normalized spacial score (nSPS) is 10.9. The van der Waals surface area contributed by atoms with E-state index in [1.54, 1.807) is 12.1 Å². The molecule has 27 heavy (non-hydrogen) atoms. The second kappa shape index (κ2) is 9.11. The summed E-state index contributed by atoms with van der Waals surface area (Å²) in [6.07, 6.45) is 1.43. The lowest BCUT2D eigenvalue weighted by Crippen LogP contribution is -2.14. The average molecular weight is 385 g/mol. The second-order valence-electron chi connectivity index (χ2n) is 5.90. The molecule has 0 aliphatic carbocycles. The van der Waals surface area contributed by atoms with Gasteiger partial charge in [0.1, 0.15) is 11.6 Å². The topological polar surface area (TPSA) is 71.3 Å². The molecule has 0 unspecified atom stereocenters. The van der Waals surface area contributed by atoms with E-state index in [-0.39, 0.29) is 5.57 Å². The molecular weight excluding hydrogens is 364 g/mol. The van der Waals surface area contributed by atoms with Gasteiger partial charge < -0.3 is 14.8 Å². The van der Waals surface area contributed by atoms with Crippen molar-refractivity contribution in [1.29, 1.82) is 5.26 Å². The van der Waals surface area contributed by atoms with Gasteiger partial charge in [0.15, 0.2) is 11.5 Å². The van der Waals surface area contributed by atoms with Crippen LogP contribution in [-0.2, 0) is 4.79 Å². The van der Waals surface area contributed by atoms with E-state index in [4.69, 9.17) is 21.1 Å². The fourth-order valence-corrected chi connectivity index (χ4v) is 2.75. The van der Waals surface area contributed by atoms with Crippen LogP contribution < -0.4 is 14.8 Å². The van der Waals surface area contributed by atoms with Crippen molar-refractivity contribution in [1.82, 2.24) is 0 Å². The number of hydrogen-bond acceptors (Lipinski definition) is 4. The largest absolute Gasteiger partial charge is 0.493 e. The van der Waals surface area contributed by atoms with E-state index in [0.717, 1.165) is 11.1 Å². The van der Waals surface area contributed by atoms with Gasteiger partial charge in [-0.05, 0) is 50.1 Å². The van der Waals surface area contributed by atoms with Crippen LogP contribution in [0.5, 0.6) is 11.5 Å². The highest BCUT2D eigenvalue weighted by atomic mass is 35.5. The van der Waals surface area contributed by atoms with Crippen LogP contribution in [0.1, 0.15) is 23.6 Å². The molecule has 1 N–H and O–H groups in total. The molecule has 5 nitrogen and oxygen atoms in total. The number of nitrogens with zero attached hydrogens (tertiary/aromatic N) is 1. The minimum atomic E-state index is -0.506. The van der Waals surface area contributed by atoms with Gasteiger partial charge in [0, 0.05) is 11.8 Å². The first kappa shape index (κ1) is 20.3. The molecule has 0 aliphatic heterocycles. The Labute approximate surface area is 164 Å². The third kappa shape index (κ3) is 5.02. The van der Waals surface area contributed by atoms with Crippen molar-refractivity contribution in [3.8, 4) is 17.6 Å². The Morgan fingerprint density at radius 2 is 2.00 bits per heavy atom. The minimum Gasteiger partial charge on any atom is -0.493 e. The molecule has 0 radical (unpaired) electrons. The molecule has 2 aromatic rings. The highest BCUT2D eigenvalue weighted by molar-refractivity contribution is 6.32. The first-order chi connectivity index (χ1) is 12.9. The number of halogens is 1. The van der Waals surface area contributed by atoms with Crippen LogP contribution in [-0.4, -0.2) is 19.6 Å². The summed E-state index contributed by atoms with van der Waals surface area (Å²) in [4.78, 5) is 12.5. The Morgan fingerprint density at radius 1 is 1.26 bits per heavy atom. The third-order valence-corrected chi connectivity index (χ3v) is 4.21. The van der Waals surface area contributed by atoms with Crippen LogP contribution in [0.25, 0.3) is 6.08 Å². The first-order valence-corrected chi connectivity index (χ1v) is 8.78. The number of amides is 1. The molecule has 0 spiro atoms. The summed E-state index contributed by atoms with van der Waals surface area (Å²) in [5, 5.41) is 12.5. The van der Waals surface area contributed by atoms with Crippen LogP contribution in [0.3, 0.4) is 0 Å². The van der Waals surface area contributed by atoms with E-state index in [1.807, 2.05) is 45.0 Å². The van der Waals surface area contributed by atoms with Crippen LogP contribution >= 0.6 is 11.6 Å². The van der Waals surface area contributed by atoms with Gasteiger partial charge >= 0.3 is 0 Å². The standard InChI is InChI=1S/C21H21ClN2O3/c1-5-27-20-11-17(22)15(10-19(20)26-4)9-16(12-23)21(25)24-18-7-6-13(2)8-14(18)3/h6-11H,5H2,1-4H3,(H,24,25)/b16-9+. The Bertz CT molecular complexity index is 930. The molecule has 0 saturated carbocycles. The smallest absolute Gasteiger partial charge is 0.266 e. The molecule has 6 heteroatoms. The summed E-state index contributed by atoms with van der Waals surface area (Å²) < 4.78 is 10.8. The molecule has 2 rings (SSSR count). The zero-order chi connectivity index (χ0) is 20.0. The van der Waals surface area contributed by atoms with Gasteiger partial charge in [-0.2, -0.15) is 5.26 Å². The van der Waals surface area contributed by atoms with Gasteiger partial charge in [0.25, 0.3) is 5.91 Å². The number of nitriles is 1. The first-order valence-electron chi connectivity index (χ1n) is 8.40. The summed E-state index contributed by atoms with van der Waals surface area (Å²) in [7, 11) is 1.51. The number of methoxy groups -OCH3 is 1. The van der Waals surface area contributed by atoms with E-state index in [0.29, 0.717) is 34.4 Å². The quantitative estimate of drug-likeness (QED) is 0.567. The molecular formula is C21H21ClN2O3. The van der Waals surface area contributed by atoms with Gasteiger partial charge in [0.2, 0.25) is 0 Å². The molecule has 0 fully saturated rings. The fraction of sp³-hybridized carbons (Fsp3) is 0.238. The lowest BCUT2D eigenvalue weighted by atomic mass is 10.1. The summed E-state index contributed by atoms with van der Waals surface area (Å²) in [6, 6.07) is 10.8. The monoisotopic (exact) mass is 384 g/mol. The van der Waals surface area contributed by atoms with Crippen molar-refractivity contribution in [2.24, 2.45) is 0 Å². The van der Waals surface area contributed by atoms with Crippen LogP contribution in [0.15, 0.2) is 35.9 Å². The number of carbonyl (C=O) groups is 1. The van der Waals surface area contributed by atoms with Gasteiger partial charge in [-0.1, -0.05) is 29.3 Å². The lowest BCUT2D eigenvalue weighted by molar-refractivity contribution is -0.112. The predicted molar refractivity (Wildman–Crippen MR) is 107 cm³/mol. The van der Waals surface area contributed by atoms with E-state index in [1.165, 1.54) is 13.2 Å². The number of ether oxygens (including phenoxy) is 2. The van der Waals surface area contributed by atoms with Crippen molar-refractivity contribution in [3.63, 3.8) is 0 Å². The minimum absolute atomic E-state index is 0.0666. The van der Waals surface area contributed by atoms with Crippen molar-refractivity contribution >= 4 is 29.3 Å². The number of rotatable bonds is 6. The Morgan fingerprint density at radius 3 is 2.59 bits per heavy atom. The van der Waals surface area contributed by atoms with Crippen LogP contribution in [0.2, 0.25) is 5.02 Å². The number of aryl methyl sites for hydroxylation is 2. The molecule has 1 amide bonds. The molecule has 0 bridgehead atoms. The molecule has 0 atom stereocenters. The molecule has 2 aromatic carbocycles. The van der Waals surface area contributed by atoms with Crippen molar-refractivity contribution in [3.05, 3.63) is 57.6 Å². The van der Waals surface area contributed by atoms with Crippen LogP contribution in [0, 0.1) is 25.2 Å². The maximum Gasteiger partial charge on any atom is 0.266 e. The zero-order valence-electron chi connectivity index (χ0n) is 15.7. The number of hydrogen-bond donors (Lipinski definition) is 1. The summed E-state index contributed by atoms with van der Waals surface area (Å²) in [6.45, 7) is 6.18. The number of carbonyl (C=O) groups excluding carboxylic acids is 1. The average Bonchev–Trinajstić information content (AvgIpc) is 2.63. The molecule has 0 heterocycles. The lowest BCUT2D eigenvalue weighted by Gasteiger charge is -2.12. The molecule has 140 valence electrons. The summed E-state index contributed by atoms with van der Waals surface area (Å²) in [5.41, 5.74) is 3.09. The maximum absolute atomic E-state index is 12.5. The van der Waals surface area contributed by atoms with Gasteiger partial charge in [-0.15, -0.1) is 0 Å². The summed E-state index contributed by atoms with van der Waals surface area (Å²) in [5.74, 6) is 0.466. The maximum atomic E-state index is 12.5. The zero-order valence-corrected chi connectivity index (χ0v) is 16.5. The Kier molecular flexibility index (Phi) is 6.86. The molecule has 0 aromatic heterocycles. The van der Waals surface area contributed by atoms with Gasteiger partial charge in [0.05, 0.1) is 18.7 Å². The second-order valence-corrected chi connectivity index (χ2v) is 6.31. The highest BCUT2D eigenvalue weighted by Gasteiger charge is 2.14. The number of anilines is 1. The Balaban J connectivity index is 2.34. The van der Waals surface area contributed by atoms with Gasteiger partial charge in [-0.3, -0.25) is 4.79 Å². The number of benzene rings is 2. The SMILES string of the molecule is CCOc1cc(Cl)c(/C=C(\C#N)C(=O)Nc2ccc(C)cc2C)cc1OC. The van der Waals surface area contributed by atoms with Gasteiger partial charge in [-0.25, -0.2) is 0 Å². The predicted octanol–water partition coefficient (Wildman–Crippen LogP) is 4.91. The van der Waals surface area contributed by atoms with Crippen molar-refractivity contribution in [2.45, 2.75) is 20.8 Å². The number of nitrogens with one attached hydrogen (secondary N) is 1. The van der Waals surface area contributed by atoms with Crippen molar-refractivity contribution in [2.75, 3.05) is 19.0 Å². The van der Waals surface area contributed by atoms with E-state index in [2.05, 4.69) is 5.32 Å². The third-order valence-electron chi connectivity index (χ3n) is 3.88. The van der Waals surface area contributed by atoms with Crippen molar-refractivity contribution < 1.29 is 14.3 Å². The van der Waals surface area contributed by atoms with E-state index >= 15 is 0 Å².